The van der Waals surface area contributed by atoms with Crippen molar-refractivity contribution in [2.24, 2.45) is 5.92 Å². The van der Waals surface area contributed by atoms with Gasteiger partial charge in [0.1, 0.15) is 5.54 Å². The van der Waals surface area contributed by atoms with Gasteiger partial charge in [-0.15, -0.1) is 0 Å². The van der Waals surface area contributed by atoms with Crippen LogP contribution in [0.25, 0.3) is 0 Å². The van der Waals surface area contributed by atoms with Crippen LogP contribution in [0.3, 0.4) is 0 Å². The van der Waals surface area contributed by atoms with E-state index in [0.717, 1.165) is 27.8 Å². The molecule has 0 aliphatic carbocycles. The van der Waals surface area contributed by atoms with Crippen LogP contribution < -0.4 is 14.8 Å². The van der Waals surface area contributed by atoms with Gasteiger partial charge in [0, 0.05) is 27.2 Å². The van der Waals surface area contributed by atoms with E-state index in [2.05, 4.69) is 23.5 Å². The Morgan fingerprint density at radius 1 is 1.05 bits per heavy atom. The second-order valence-electron chi connectivity index (χ2n) is 10.3. The van der Waals surface area contributed by atoms with Gasteiger partial charge in [0.2, 0.25) is 0 Å². The molecule has 0 radical (unpaired) electrons. The molecule has 2 atom stereocenters. The molecule has 2 aromatic carbocycles. The average molecular weight is 525 g/mol. The lowest BCUT2D eigenvalue weighted by molar-refractivity contribution is -0.145. The molecule has 206 valence electrons. The molecule has 0 spiro atoms. The van der Waals surface area contributed by atoms with E-state index < -0.39 is 16.9 Å². The number of carboxylic acid groups (broad SMARTS) is 1. The van der Waals surface area contributed by atoms with Gasteiger partial charge >= 0.3 is 5.97 Å². The zero-order valence-electron chi connectivity index (χ0n) is 23.3. The number of carboxylic acids is 1. The van der Waals surface area contributed by atoms with Crippen molar-refractivity contribution in [2.75, 3.05) is 28.4 Å². The number of methoxy groups -OCH3 is 4. The molecule has 0 bridgehead atoms. The normalized spacial score (nSPS) is 18.4. The fourth-order valence-corrected chi connectivity index (χ4v) is 5.59. The first kappa shape index (κ1) is 29.4. The summed E-state index contributed by atoms with van der Waals surface area (Å²) in [5, 5.41) is 24.1. The van der Waals surface area contributed by atoms with E-state index in [1.165, 1.54) is 0 Å². The highest BCUT2D eigenvalue weighted by Gasteiger charge is 2.43. The van der Waals surface area contributed by atoms with Gasteiger partial charge in [0.05, 0.1) is 38.9 Å². The van der Waals surface area contributed by atoms with Crippen molar-refractivity contribution >= 4 is 5.97 Å². The van der Waals surface area contributed by atoms with Gasteiger partial charge in [-0.3, -0.25) is 10.1 Å². The van der Waals surface area contributed by atoms with Crippen molar-refractivity contribution in [1.29, 1.82) is 5.26 Å². The van der Waals surface area contributed by atoms with E-state index in [1.807, 2.05) is 32.0 Å². The lowest BCUT2D eigenvalue weighted by Gasteiger charge is -2.38. The quantitative estimate of drug-likeness (QED) is 0.386. The minimum atomic E-state index is -1.12. The van der Waals surface area contributed by atoms with Crippen molar-refractivity contribution in [3.63, 3.8) is 0 Å². The standard InChI is InChI=1S/C30H40N2O6/c1-20(2)29(19-31,25-8-9-26(37-5)27(14-25)38-6)10-7-11-30(28(33)34)15-21-12-23(17-35-3)24(18-36-4)13-22(21)16-32-30/h8-9,12-14,20,32H,7,10-11,15-18H2,1-6H3,(H,33,34). The number of ether oxygens (including phenoxy) is 4. The maximum absolute atomic E-state index is 12.6. The van der Waals surface area contributed by atoms with Gasteiger partial charge in [-0.05, 0) is 65.1 Å². The number of carbonyl (C=O) groups is 1. The molecule has 2 N–H and O–H groups in total. The molecular weight excluding hydrogens is 484 g/mol. The predicted molar refractivity (Wildman–Crippen MR) is 144 cm³/mol. The molecule has 38 heavy (non-hydrogen) atoms. The van der Waals surface area contributed by atoms with Crippen LogP contribution in [0.1, 0.15) is 60.9 Å². The number of fused-ring (bicyclic) bond motifs is 1. The molecule has 0 saturated heterocycles. The van der Waals surface area contributed by atoms with E-state index >= 15 is 0 Å². The summed E-state index contributed by atoms with van der Waals surface area (Å²) < 4.78 is 21.6. The fraction of sp³-hybridized carbons (Fsp3) is 0.533. The Labute approximate surface area is 225 Å². The van der Waals surface area contributed by atoms with Crippen LogP contribution in [-0.2, 0) is 45.9 Å². The summed E-state index contributed by atoms with van der Waals surface area (Å²) in [5.41, 5.74) is 3.06. The van der Waals surface area contributed by atoms with E-state index in [4.69, 9.17) is 18.9 Å². The second-order valence-corrected chi connectivity index (χ2v) is 10.3. The predicted octanol–water partition coefficient (Wildman–Crippen LogP) is 4.75. The Balaban J connectivity index is 1.87. The molecule has 8 nitrogen and oxygen atoms in total. The maximum Gasteiger partial charge on any atom is 0.324 e. The molecule has 3 rings (SSSR count). The van der Waals surface area contributed by atoms with Crippen LogP contribution in [0.5, 0.6) is 11.5 Å². The highest BCUT2D eigenvalue weighted by atomic mass is 16.5. The van der Waals surface area contributed by atoms with E-state index in [0.29, 0.717) is 56.9 Å². The van der Waals surface area contributed by atoms with E-state index in [9.17, 15) is 15.2 Å². The van der Waals surface area contributed by atoms with Crippen LogP contribution in [-0.4, -0.2) is 45.1 Å². The first-order valence-corrected chi connectivity index (χ1v) is 12.9. The second kappa shape index (κ2) is 12.6. The summed E-state index contributed by atoms with van der Waals surface area (Å²) in [4.78, 5) is 12.6. The number of nitrogens with zero attached hydrogens (tertiary/aromatic N) is 1. The van der Waals surface area contributed by atoms with Gasteiger partial charge in [-0.25, -0.2) is 0 Å². The molecule has 0 aromatic heterocycles. The van der Waals surface area contributed by atoms with Crippen molar-refractivity contribution in [2.45, 2.75) is 70.2 Å². The third-order valence-electron chi connectivity index (χ3n) is 7.90. The third-order valence-corrected chi connectivity index (χ3v) is 7.90. The van der Waals surface area contributed by atoms with Gasteiger partial charge in [-0.2, -0.15) is 5.26 Å². The first-order chi connectivity index (χ1) is 18.2. The highest BCUT2D eigenvalue weighted by Crippen LogP contribution is 2.42. The number of hydrogen-bond donors (Lipinski definition) is 2. The van der Waals surface area contributed by atoms with Crippen LogP contribution in [0.4, 0.5) is 0 Å². The Bertz CT molecular complexity index is 1170. The molecule has 1 aliphatic heterocycles. The summed E-state index contributed by atoms with van der Waals surface area (Å²) in [6.45, 7) is 5.41. The van der Waals surface area contributed by atoms with Gasteiger partial charge in [0.25, 0.3) is 0 Å². The number of benzene rings is 2. The van der Waals surface area contributed by atoms with Crippen LogP contribution in [0.15, 0.2) is 30.3 Å². The summed E-state index contributed by atoms with van der Waals surface area (Å²) in [5.74, 6) is 0.290. The SMILES string of the molecule is COCc1cc2c(cc1COC)CC(CCCC(C#N)(c1ccc(OC)c(OC)c1)C(C)C)(C(=O)O)NC2. The fourth-order valence-electron chi connectivity index (χ4n) is 5.59. The Hall–Kier alpha value is -3.12. The largest absolute Gasteiger partial charge is 0.493 e. The zero-order chi connectivity index (χ0) is 27.9. The number of rotatable bonds is 13. The third kappa shape index (κ3) is 5.80. The molecule has 1 heterocycles. The Morgan fingerprint density at radius 3 is 2.21 bits per heavy atom. The molecular formula is C30H40N2O6. The smallest absolute Gasteiger partial charge is 0.324 e. The maximum atomic E-state index is 12.6. The molecule has 2 unspecified atom stereocenters. The average Bonchev–Trinajstić information content (AvgIpc) is 2.91. The monoisotopic (exact) mass is 524 g/mol. The minimum absolute atomic E-state index is 0.00206. The van der Waals surface area contributed by atoms with Gasteiger partial charge in [0.15, 0.2) is 11.5 Å². The van der Waals surface area contributed by atoms with Gasteiger partial charge < -0.3 is 24.1 Å². The van der Waals surface area contributed by atoms with Crippen molar-refractivity contribution < 1.29 is 28.8 Å². The van der Waals surface area contributed by atoms with Crippen molar-refractivity contribution in [3.8, 4) is 17.6 Å². The van der Waals surface area contributed by atoms with Crippen molar-refractivity contribution in [1.82, 2.24) is 5.32 Å². The van der Waals surface area contributed by atoms with E-state index in [1.54, 1.807) is 28.4 Å². The first-order valence-electron chi connectivity index (χ1n) is 12.9. The molecule has 0 amide bonds. The topological polar surface area (TPSA) is 110 Å². The van der Waals surface area contributed by atoms with Crippen LogP contribution >= 0.6 is 0 Å². The van der Waals surface area contributed by atoms with Gasteiger partial charge in [-0.1, -0.05) is 32.0 Å². The molecule has 0 saturated carbocycles. The molecule has 0 fully saturated rings. The number of hydrogen-bond acceptors (Lipinski definition) is 7. The molecule has 8 heteroatoms. The van der Waals surface area contributed by atoms with Crippen LogP contribution in [0, 0.1) is 17.2 Å². The highest BCUT2D eigenvalue weighted by molar-refractivity contribution is 5.80. The lowest BCUT2D eigenvalue weighted by Crippen LogP contribution is -2.56. The number of aliphatic carboxylic acids is 1. The number of nitrogens with one attached hydrogen (secondary N) is 1. The van der Waals surface area contributed by atoms with E-state index in [-0.39, 0.29) is 5.92 Å². The number of nitriles is 1. The zero-order valence-corrected chi connectivity index (χ0v) is 23.3. The minimum Gasteiger partial charge on any atom is -0.493 e. The Kier molecular flexibility index (Phi) is 9.77. The lowest BCUT2D eigenvalue weighted by atomic mass is 9.68. The van der Waals surface area contributed by atoms with Crippen molar-refractivity contribution in [3.05, 3.63) is 58.1 Å². The Morgan fingerprint density at radius 2 is 1.68 bits per heavy atom. The summed E-state index contributed by atoms with van der Waals surface area (Å²) in [6, 6.07) is 12.3. The summed E-state index contributed by atoms with van der Waals surface area (Å²) >= 11 is 0. The molecule has 2 aromatic rings. The molecule has 1 aliphatic rings. The van der Waals surface area contributed by atoms with Crippen LogP contribution in [0.2, 0.25) is 0 Å². The summed E-state index contributed by atoms with van der Waals surface area (Å²) in [6.07, 6.45) is 1.83. The summed E-state index contributed by atoms with van der Waals surface area (Å²) in [7, 11) is 6.46.